The Hall–Kier alpha value is -0.610. The molecule has 1 saturated heterocycles. The largest absolute Gasteiger partial charge is 0.396 e. The van der Waals surface area contributed by atoms with Gasteiger partial charge >= 0.3 is 0 Å². The number of nitrogens with one attached hydrogen (secondary N) is 1. The van der Waals surface area contributed by atoms with Crippen molar-refractivity contribution in [1.82, 2.24) is 10.2 Å². The Labute approximate surface area is 98.0 Å². The molecule has 16 heavy (non-hydrogen) atoms. The summed E-state index contributed by atoms with van der Waals surface area (Å²) in [6.45, 7) is 5.73. The van der Waals surface area contributed by atoms with Gasteiger partial charge in [-0.15, -0.1) is 0 Å². The highest BCUT2D eigenvalue weighted by Gasteiger charge is 2.25. The summed E-state index contributed by atoms with van der Waals surface area (Å²) in [6, 6.07) is 0.705. The van der Waals surface area contributed by atoms with Crippen LogP contribution in [0, 0.1) is 0 Å². The third-order valence-corrected chi connectivity index (χ3v) is 2.99. The maximum atomic E-state index is 11.6. The van der Waals surface area contributed by atoms with Crippen molar-refractivity contribution in [2.24, 2.45) is 0 Å². The van der Waals surface area contributed by atoms with Gasteiger partial charge in [-0.2, -0.15) is 0 Å². The van der Waals surface area contributed by atoms with Gasteiger partial charge in [0.15, 0.2) is 0 Å². The zero-order valence-electron chi connectivity index (χ0n) is 10.4. The van der Waals surface area contributed by atoms with Crippen LogP contribution in [0.25, 0.3) is 0 Å². The molecule has 1 aliphatic heterocycles. The van der Waals surface area contributed by atoms with E-state index < -0.39 is 0 Å². The van der Waals surface area contributed by atoms with E-state index in [0.29, 0.717) is 12.6 Å². The Kier molecular flexibility index (Phi) is 5.77. The number of carbonyl (C=O) groups is 1. The first-order valence-electron chi connectivity index (χ1n) is 6.27. The quantitative estimate of drug-likeness (QED) is 0.705. The molecule has 0 saturated carbocycles. The smallest absolute Gasteiger partial charge is 0.234 e. The van der Waals surface area contributed by atoms with Gasteiger partial charge in [0.05, 0.1) is 6.54 Å². The van der Waals surface area contributed by atoms with Crippen LogP contribution in [0.4, 0.5) is 0 Å². The van der Waals surface area contributed by atoms with Crippen LogP contribution < -0.4 is 5.32 Å². The van der Waals surface area contributed by atoms with E-state index in [0.717, 1.165) is 25.8 Å². The van der Waals surface area contributed by atoms with Gasteiger partial charge in [0, 0.05) is 18.7 Å². The summed E-state index contributed by atoms with van der Waals surface area (Å²) in [4.78, 5) is 13.9. The minimum Gasteiger partial charge on any atom is -0.396 e. The maximum Gasteiger partial charge on any atom is 0.234 e. The Morgan fingerprint density at radius 2 is 2.31 bits per heavy atom. The lowest BCUT2D eigenvalue weighted by Crippen LogP contribution is -2.42. The SMILES string of the molecule is CC(C)NC(=O)CN1CCCC1CCCO. The van der Waals surface area contributed by atoms with Gasteiger partial charge in [-0.1, -0.05) is 0 Å². The number of aliphatic hydroxyl groups excluding tert-OH is 1. The molecule has 0 aromatic heterocycles. The van der Waals surface area contributed by atoms with Crippen LogP contribution in [0.5, 0.6) is 0 Å². The Morgan fingerprint density at radius 1 is 1.56 bits per heavy atom. The first kappa shape index (κ1) is 13.5. The predicted octanol–water partition coefficient (Wildman–Crippen LogP) is 0.748. The Morgan fingerprint density at radius 3 is 2.94 bits per heavy atom. The molecule has 1 heterocycles. The molecule has 1 atom stereocenters. The molecule has 0 aromatic carbocycles. The van der Waals surface area contributed by atoms with E-state index >= 15 is 0 Å². The van der Waals surface area contributed by atoms with Crippen LogP contribution in [0.3, 0.4) is 0 Å². The number of aliphatic hydroxyl groups is 1. The molecule has 1 amide bonds. The summed E-state index contributed by atoms with van der Waals surface area (Å²) in [5.41, 5.74) is 0. The molecule has 0 spiro atoms. The molecular formula is C12H24N2O2. The second-order valence-corrected chi connectivity index (χ2v) is 4.85. The van der Waals surface area contributed by atoms with E-state index in [9.17, 15) is 4.79 Å². The normalized spacial score (nSPS) is 21.6. The van der Waals surface area contributed by atoms with Crippen LogP contribution >= 0.6 is 0 Å². The topological polar surface area (TPSA) is 52.6 Å². The number of nitrogens with zero attached hydrogens (tertiary/aromatic N) is 1. The lowest BCUT2D eigenvalue weighted by atomic mass is 10.1. The van der Waals surface area contributed by atoms with Gasteiger partial charge < -0.3 is 10.4 Å². The lowest BCUT2D eigenvalue weighted by Gasteiger charge is -2.24. The van der Waals surface area contributed by atoms with Gasteiger partial charge in [-0.3, -0.25) is 9.69 Å². The number of hydrogen-bond acceptors (Lipinski definition) is 3. The molecule has 4 nitrogen and oxygen atoms in total. The molecule has 4 heteroatoms. The third-order valence-electron chi connectivity index (χ3n) is 2.99. The van der Waals surface area contributed by atoms with Gasteiger partial charge in [0.1, 0.15) is 0 Å². The number of rotatable bonds is 6. The van der Waals surface area contributed by atoms with Crippen molar-refractivity contribution in [3.05, 3.63) is 0 Å². The van der Waals surface area contributed by atoms with Crippen LogP contribution in [0.1, 0.15) is 39.5 Å². The van der Waals surface area contributed by atoms with Gasteiger partial charge in [-0.05, 0) is 46.1 Å². The van der Waals surface area contributed by atoms with Crippen LogP contribution in [0.15, 0.2) is 0 Å². The van der Waals surface area contributed by atoms with Crippen LogP contribution in [0.2, 0.25) is 0 Å². The zero-order chi connectivity index (χ0) is 12.0. The highest BCUT2D eigenvalue weighted by Crippen LogP contribution is 2.20. The third kappa shape index (κ3) is 4.49. The van der Waals surface area contributed by atoms with E-state index in [1.807, 2.05) is 13.8 Å². The summed E-state index contributed by atoms with van der Waals surface area (Å²) in [5.74, 6) is 0.117. The molecule has 0 bridgehead atoms. The molecule has 1 unspecified atom stereocenters. The minimum atomic E-state index is 0.117. The number of carbonyl (C=O) groups excluding carboxylic acids is 1. The summed E-state index contributed by atoms with van der Waals surface area (Å²) < 4.78 is 0. The summed E-state index contributed by atoms with van der Waals surface area (Å²) in [7, 11) is 0. The number of hydrogen-bond donors (Lipinski definition) is 2. The molecule has 94 valence electrons. The number of likely N-dealkylation sites (tertiary alicyclic amines) is 1. The fourth-order valence-corrected chi connectivity index (χ4v) is 2.31. The van der Waals surface area contributed by atoms with Crippen molar-refractivity contribution in [3.63, 3.8) is 0 Å². The number of amides is 1. The lowest BCUT2D eigenvalue weighted by molar-refractivity contribution is -0.123. The minimum absolute atomic E-state index is 0.117. The van der Waals surface area contributed by atoms with E-state index in [-0.39, 0.29) is 18.6 Å². The molecule has 0 aliphatic carbocycles. The second kappa shape index (κ2) is 6.86. The highest BCUT2D eigenvalue weighted by atomic mass is 16.2. The van der Waals surface area contributed by atoms with Crippen LogP contribution in [-0.4, -0.2) is 47.7 Å². The molecule has 1 rings (SSSR count). The van der Waals surface area contributed by atoms with Crippen molar-refractivity contribution >= 4 is 5.91 Å². The van der Waals surface area contributed by atoms with E-state index in [4.69, 9.17) is 5.11 Å². The monoisotopic (exact) mass is 228 g/mol. The van der Waals surface area contributed by atoms with Gasteiger partial charge in [0.25, 0.3) is 0 Å². The van der Waals surface area contributed by atoms with Crippen molar-refractivity contribution in [3.8, 4) is 0 Å². The Bertz CT molecular complexity index is 219. The fourth-order valence-electron chi connectivity index (χ4n) is 2.31. The van der Waals surface area contributed by atoms with Crippen LogP contribution in [-0.2, 0) is 4.79 Å². The molecule has 2 N–H and O–H groups in total. The van der Waals surface area contributed by atoms with Crippen molar-refractivity contribution in [1.29, 1.82) is 0 Å². The highest BCUT2D eigenvalue weighted by molar-refractivity contribution is 5.78. The van der Waals surface area contributed by atoms with Gasteiger partial charge in [-0.25, -0.2) is 0 Å². The molecule has 1 fully saturated rings. The van der Waals surface area contributed by atoms with E-state index in [2.05, 4.69) is 10.2 Å². The molecule has 0 aromatic rings. The fraction of sp³-hybridized carbons (Fsp3) is 0.917. The van der Waals surface area contributed by atoms with E-state index in [1.54, 1.807) is 0 Å². The second-order valence-electron chi connectivity index (χ2n) is 4.85. The summed E-state index contributed by atoms with van der Waals surface area (Å²) in [5, 5.41) is 11.7. The predicted molar refractivity (Wildman–Crippen MR) is 64.2 cm³/mol. The van der Waals surface area contributed by atoms with Crippen molar-refractivity contribution in [2.75, 3.05) is 19.7 Å². The van der Waals surface area contributed by atoms with E-state index in [1.165, 1.54) is 6.42 Å². The molecule has 0 radical (unpaired) electrons. The van der Waals surface area contributed by atoms with Gasteiger partial charge in [0.2, 0.25) is 5.91 Å². The van der Waals surface area contributed by atoms with Crippen molar-refractivity contribution < 1.29 is 9.90 Å². The summed E-state index contributed by atoms with van der Waals surface area (Å²) >= 11 is 0. The first-order valence-corrected chi connectivity index (χ1v) is 6.27. The maximum absolute atomic E-state index is 11.6. The molecular weight excluding hydrogens is 204 g/mol. The first-order chi connectivity index (χ1) is 7.63. The zero-order valence-corrected chi connectivity index (χ0v) is 10.4. The molecule has 1 aliphatic rings. The Balaban J connectivity index is 2.31. The average Bonchev–Trinajstić information content (AvgIpc) is 2.61. The summed E-state index contributed by atoms with van der Waals surface area (Å²) in [6.07, 6.45) is 4.18. The standard InChI is InChI=1S/C12H24N2O2/c1-10(2)13-12(16)9-14-7-3-5-11(14)6-4-8-15/h10-11,15H,3-9H2,1-2H3,(H,13,16). The van der Waals surface area contributed by atoms with Crippen molar-refractivity contribution in [2.45, 2.75) is 51.6 Å². The average molecular weight is 228 g/mol.